The normalized spacial score (nSPS) is 16.2. The molecule has 108 valence electrons. The van der Waals surface area contributed by atoms with Crippen LogP contribution in [0.5, 0.6) is 11.5 Å². The molecule has 0 bridgehead atoms. The summed E-state index contributed by atoms with van der Waals surface area (Å²) in [4.78, 5) is 27.1. The minimum atomic E-state index is -0.870. The number of rotatable bonds is 3. The van der Waals surface area contributed by atoms with Crippen LogP contribution in [-0.2, 0) is 14.3 Å². The van der Waals surface area contributed by atoms with Crippen LogP contribution < -0.4 is 9.47 Å². The molecule has 0 fully saturated rings. The van der Waals surface area contributed by atoms with Gasteiger partial charge in [-0.25, -0.2) is 9.79 Å². The molecule has 21 heavy (non-hydrogen) atoms. The van der Waals surface area contributed by atoms with Crippen molar-refractivity contribution in [3.8, 4) is 11.5 Å². The second-order valence-electron chi connectivity index (χ2n) is 4.28. The van der Waals surface area contributed by atoms with Crippen molar-refractivity contribution in [3.05, 3.63) is 35.1 Å². The molecule has 1 N–H and O–H groups in total. The lowest BCUT2D eigenvalue weighted by molar-refractivity contribution is -0.138. The van der Waals surface area contributed by atoms with Crippen molar-refractivity contribution >= 4 is 17.6 Å². The van der Waals surface area contributed by atoms with Gasteiger partial charge in [0.05, 0.1) is 12.3 Å². The molecule has 1 amide bonds. The summed E-state index contributed by atoms with van der Waals surface area (Å²) in [5.74, 6) is -1.32. The summed E-state index contributed by atoms with van der Waals surface area (Å²) >= 11 is 0. The van der Waals surface area contributed by atoms with Gasteiger partial charge in [0.2, 0.25) is 12.6 Å². The number of hydrogen-bond acceptors (Lipinski definition) is 6. The molecule has 0 radical (unpaired) electrons. The molecule has 2 heterocycles. The zero-order valence-corrected chi connectivity index (χ0v) is 11.1. The van der Waals surface area contributed by atoms with Crippen molar-refractivity contribution < 1.29 is 28.9 Å². The highest BCUT2D eigenvalue weighted by molar-refractivity contribution is 6.35. The minimum Gasteiger partial charge on any atom is -0.502 e. The monoisotopic (exact) mass is 289 g/mol. The Hall–Kier alpha value is -2.83. The molecule has 3 rings (SSSR count). The summed E-state index contributed by atoms with van der Waals surface area (Å²) in [6, 6.07) is 4.85. The van der Waals surface area contributed by atoms with Crippen molar-refractivity contribution in [2.75, 3.05) is 13.4 Å². The molecule has 0 saturated carbocycles. The standard InChI is InChI=1S/C14H11NO6/c1-2-19-14(18)10-11(15-13(17)12(10)16)7-3-4-8-9(5-7)21-6-20-8/h3-5H,2,6H2,1H3,(H,15,16,17). The predicted octanol–water partition coefficient (Wildman–Crippen LogP) is 1.12. The van der Waals surface area contributed by atoms with Gasteiger partial charge in [0.15, 0.2) is 11.5 Å². The fourth-order valence-corrected chi connectivity index (χ4v) is 2.08. The van der Waals surface area contributed by atoms with E-state index in [1.165, 1.54) is 0 Å². The first-order chi connectivity index (χ1) is 10.1. The maximum atomic E-state index is 11.9. The van der Waals surface area contributed by atoms with E-state index in [1.807, 2.05) is 0 Å². The number of esters is 1. The molecular formula is C14H11NO6. The summed E-state index contributed by atoms with van der Waals surface area (Å²) < 4.78 is 15.3. The van der Waals surface area contributed by atoms with Gasteiger partial charge >= 0.3 is 11.9 Å². The quantitative estimate of drug-likeness (QED) is 0.838. The number of amides is 1. The van der Waals surface area contributed by atoms with Crippen molar-refractivity contribution in [3.63, 3.8) is 0 Å². The van der Waals surface area contributed by atoms with E-state index < -0.39 is 17.6 Å². The molecule has 1 aromatic rings. The molecule has 1 aromatic carbocycles. The van der Waals surface area contributed by atoms with Gasteiger partial charge in [-0.05, 0) is 25.1 Å². The smallest absolute Gasteiger partial charge is 0.344 e. The van der Waals surface area contributed by atoms with E-state index in [0.717, 1.165) is 0 Å². The summed E-state index contributed by atoms with van der Waals surface area (Å²) in [6.45, 7) is 1.86. The molecule has 7 heteroatoms. The summed E-state index contributed by atoms with van der Waals surface area (Å²) in [6.07, 6.45) is 0. The Labute approximate surface area is 119 Å². The molecule has 2 aliphatic heterocycles. The van der Waals surface area contributed by atoms with Crippen LogP contribution >= 0.6 is 0 Å². The zero-order valence-electron chi connectivity index (χ0n) is 11.1. The second kappa shape index (κ2) is 4.93. The predicted molar refractivity (Wildman–Crippen MR) is 70.4 cm³/mol. The van der Waals surface area contributed by atoms with Crippen molar-refractivity contribution in [2.24, 2.45) is 4.99 Å². The summed E-state index contributed by atoms with van der Waals surface area (Å²) in [7, 11) is 0. The minimum absolute atomic E-state index is 0.0641. The average Bonchev–Trinajstić information content (AvgIpc) is 3.04. The number of hydrogen-bond donors (Lipinski definition) is 1. The number of nitrogens with zero attached hydrogens (tertiary/aromatic N) is 1. The first kappa shape index (κ1) is 13.2. The lowest BCUT2D eigenvalue weighted by atomic mass is 10.0. The fourth-order valence-electron chi connectivity index (χ4n) is 2.08. The molecule has 0 aliphatic carbocycles. The number of fused-ring (bicyclic) bond motifs is 1. The Bertz CT molecular complexity index is 703. The largest absolute Gasteiger partial charge is 0.502 e. The molecule has 0 saturated heterocycles. The Morgan fingerprint density at radius 3 is 2.90 bits per heavy atom. The van der Waals surface area contributed by atoms with Gasteiger partial charge in [-0.3, -0.25) is 4.79 Å². The third-order valence-corrected chi connectivity index (χ3v) is 3.02. The Morgan fingerprint density at radius 1 is 1.38 bits per heavy atom. The molecule has 0 atom stereocenters. The summed E-state index contributed by atoms with van der Waals surface area (Å²) in [5, 5.41) is 9.74. The van der Waals surface area contributed by atoms with E-state index in [4.69, 9.17) is 14.2 Å². The third kappa shape index (κ3) is 2.12. The van der Waals surface area contributed by atoms with Gasteiger partial charge in [0.25, 0.3) is 0 Å². The zero-order chi connectivity index (χ0) is 15.0. The number of carbonyl (C=O) groups is 2. The summed E-state index contributed by atoms with van der Waals surface area (Å²) in [5.41, 5.74) is 0.287. The SMILES string of the molecule is CCOC(=O)C1=C(O)C(=O)N=C1c1ccc2c(c1)OCO2. The highest BCUT2D eigenvalue weighted by Gasteiger charge is 2.34. The first-order valence-electron chi connectivity index (χ1n) is 6.25. The Kier molecular flexibility index (Phi) is 3.09. The van der Waals surface area contributed by atoms with E-state index in [2.05, 4.69) is 4.99 Å². The Morgan fingerprint density at radius 2 is 2.14 bits per heavy atom. The van der Waals surface area contributed by atoms with E-state index in [-0.39, 0.29) is 24.7 Å². The highest BCUT2D eigenvalue weighted by Crippen LogP contribution is 2.34. The highest BCUT2D eigenvalue weighted by atomic mass is 16.7. The average molecular weight is 289 g/mol. The number of aliphatic hydroxyl groups is 1. The molecule has 0 aromatic heterocycles. The molecular weight excluding hydrogens is 278 g/mol. The van der Waals surface area contributed by atoms with E-state index >= 15 is 0 Å². The second-order valence-corrected chi connectivity index (χ2v) is 4.28. The maximum Gasteiger partial charge on any atom is 0.344 e. The van der Waals surface area contributed by atoms with E-state index in [0.29, 0.717) is 17.1 Å². The van der Waals surface area contributed by atoms with Gasteiger partial charge in [0.1, 0.15) is 5.57 Å². The Balaban J connectivity index is 2.03. The maximum absolute atomic E-state index is 11.9. The van der Waals surface area contributed by atoms with Crippen LogP contribution in [0.4, 0.5) is 0 Å². The number of benzene rings is 1. The van der Waals surface area contributed by atoms with Crippen LogP contribution in [-0.4, -0.2) is 36.1 Å². The van der Waals surface area contributed by atoms with Crippen LogP contribution in [0, 0.1) is 0 Å². The van der Waals surface area contributed by atoms with Crippen molar-refractivity contribution in [2.45, 2.75) is 6.92 Å². The van der Waals surface area contributed by atoms with Gasteiger partial charge < -0.3 is 19.3 Å². The first-order valence-corrected chi connectivity index (χ1v) is 6.25. The molecule has 0 unspecified atom stereocenters. The lowest BCUT2D eigenvalue weighted by Crippen LogP contribution is -2.16. The van der Waals surface area contributed by atoms with Crippen molar-refractivity contribution in [1.82, 2.24) is 0 Å². The van der Waals surface area contributed by atoms with E-state index in [1.54, 1.807) is 25.1 Å². The van der Waals surface area contributed by atoms with E-state index in [9.17, 15) is 14.7 Å². The van der Waals surface area contributed by atoms with Gasteiger partial charge in [-0.2, -0.15) is 0 Å². The fraction of sp³-hybridized carbons (Fsp3) is 0.214. The molecule has 0 spiro atoms. The number of carbonyl (C=O) groups excluding carboxylic acids is 2. The van der Waals surface area contributed by atoms with Crippen LogP contribution in [0.1, 0.15) is 12.5 Å². The van der Waals surface area contributed by atoms with Crippen LogP contribution in [0.15, 0.2) is 34.5 Å². The third-order valence-electron chi connectivity index (χ3n) is 3.02. The molecule has 7 nitrogen and oxygen atoms in total. The molecule has 2 aliphatic rings. The van der Waals surface area contributed by atoms with Gasteiger partial charge in [0, 0.05) is 5.56 Å². The number of ether oxygens (including phenoxy) is 3. The lowest BCUT2D eigenvalue weighted by Gasteiger charge is -2.07. The van der Waals surface area contributed by atoms with Crippen molar-refractivity contribution in [1.29, 1.82) is 0 Å². The van der Waals surface area contributed by atoms with Gasteiger partial charge in [-0.15, -0.1) is 0 Å². The van der Waals surface area contributed by atoms with Crippen LogP contribution in [0.25, 0.3) is 0 Å². The van der Waals surface area contributed by atoms with Gasteiger partial charge in [-0.1, -0.05) is 0 Å². The van der Waals surface area contributed by atoms with Crippen LogP contribution in [0.2, 0.25) is 0 Å². The number of aliphatic hydroxyl groups excluding tert-OH is 1. The topological polar surface area (TPSA) is 94.4 Å². The van der Waals surface area contributed by atoms with Crippen LogP contribution in [0.3, 0.4) is 0 Å². The number of aliphatic imine (C=N–C) groups is 1.